The normalized spacial score (nSPS) is 19.6. The minimum absolute atomic E-state index is 0.0570. The van der Waals surface area contributed by atoms with Crippen LogP contribution in [0, 0.1) is 5.82 Å². The summed E-state index contributed by atoms with van der Waals surface area (Å²) < 4.78 is 13.5. The Bertz CT molecular complexity index is 381. The van der Waals surface area contributed by atoms with Crippen LogP contribution in [0.25, 0.3) is 0 Å². The van der Waals surface area contributed by atoms with Crippen LogP contribution in [-0.2, 0) is 0 Å². The molecule has 15 heavy (non-hydrogen) atoms. The monoisotopic (exact) mass is 229 g/mol. The molecule has 0 aromatic carbocycles. The summed E-state index contributed by atoms with van der Waals surface area (Å²) in [5, 5.41) is 0.0918. The SMILES string of the molecule is CC1(C)CCCN1c1nc(Cl)ncc1F. The molecule has 0 atom stereocenters. The van der Waals surface area contributed by atoms with Gasteiger partial charge in [0.05, 0.1) is 6.20 Å². The maximum absolute atomic E-state index is 13.5. The molecule has 0 N–H and O–H groups in total. The summed E-state index contributed by atoms with van der Waals surface area (Å²) in [6.07, 6.45) is 3.21. The van der Waals surface area contributed by atoms with Crippen LogP contribution in [0.4, 0.5) is 10.2 Å². The molecule has 1 aromatic heterocycles. The third kappa shape index (κ3) is 1.91. The van der Waals surface area contributed by atoms with Crippen LogP contribution in [-0.4, -0.2) is 22.1 Å². The van der Waals surface area contributed by atoms with E-state index in [1.165, 1.54) is 0 Å². The van der Waals surface area contributed by atoms with Gasteiger partial charge in [-0.1, -0.05) is 0 Å². The van der Waals surface area contributed by atoms with Crippen LogP contribution >= 0.6 is 11.6 Å². The zero-order valence-corrected chi connectivity index (χ0v) is 9.55. The van der Waals surface area contributed by atoms with Crippen molar-refractivity contribution in [3.05, 3.63) is 17.3 Å². The molecule has 0 radical (unpaired) electrons. The highest BCUT2D eigenvalue weighted by molar-refractivity contribution is 6.28. The number of hydrogen-bond acceptors (Lipinski definition) is 3. The molecule has 1 fully saturated rings. The second-order valence-corrected chi connectivity index (χ2v) is 4.72. The van der Waals surface area contributed by atoms with Crippen LogP contribution in [0.15, 0.2) is 6.20 Å². The van der Waals surface area contributed by atoms with Gasteiger partial charge < -0.3 is 4.90 Å². The molecule has 1 aliphatic heterocycles. The fourth-order valence-corrected chi connectivity index (χ4v) is 2.16. The van der Waals surface area contributed by atoms with E-state index < -0.39 is 5.82 Å². The minimum Gasteiger partial charge on any atom is -0.349 e. The van der Waals surface area contributed by atoms with E-state index in [4.69, 9.17) is 11.6 Å². The zero-order valence-electron chi connectivity index (χ0n) is 8.80. The molecular formula is C10H13ClFN3. The lowest BCUT2D eigenvalue weighted by Gasteiger charge is -2.32. The topological polar surface area (TPSA) is 29.0 Å². The Morgan fingerprint density at radius 1 is 1.53 bits per heavy atom. The number of nitrogens with zero attached hydrogens (tertiary/aromatic N) is 3. The van der Waals surface area contributed by atoms with Crippen molar-refractivity contribution >= 4 is 17.4 Å². The Labute approximate surface area is 93.3 Å². The van der Waals surface area contributed by atoms with E-state index in [0.29, 0.717) is 5.82 Å². The summed E-state index contributed by atoms with van der Waals surface area (Å²) in [6, 6.07) is 0. The van der Waals surface area contributed by atoms with Crippen molar-refractivity contribution in [2.75, 3.05) is 11.4 Å². The number of halogens is 2. The average molecular weight is 230 g/mol. The molecular weight excluding hydrogens is 217 g/mol. The smallest absolute Gasteiger partial charge is 0.224 e. The van der Waals surface area contributed by atoms with Crippen molar-refractivity contribution in [3.63, 3.8) is 0 Å². The second kappa shape index (κ2) is 3.59. The van der Waals surface area contributed by atoms with Gasteiger partial charge in [0.1, 0.15) is 0 Å². The Morgan fingerprint density at radius 3 is 2.87 bits per heavy atom. The fourth-order valence-electron chi connectivity index (χ4n) is 2.03. The standard InChI is InChI=1S/C10H13ClFN3/c1-10(2)4-3-5-15(10)8-7(12)6-13-9(11)14-8/h6H,3-5H2,1-2H3. The second-order valence-electron chi connectivity index (χ2n) is 4.38. The highest BCUT2D eigenvalue weighted by Gasteiger charge is 2.34. The average Bonchev–Trinajstić information content (AvgIpc) is 2.50. The van der Waals surface area contributed by atoms with Crippen LogP contribution in [0.1, 0.15) is 26.7 Å². The van der Waals surface area contributed by atoms with Crippen LogP contribution in [0.2, 0.25) is 5.28 Å². The van der Waals surface area contributed by atoms with Gasteiger partial charge in [0.15, 0.2) is 11.6 Å². The van der Waals surface area contributed by atoms with Gasteiger partial charge in [-0.3, -0.25) is 0 Å². The van der Waals surface area contributed by atoms with Gasteiger partial charge in [0.25, 0.3) is 0 Å². The number of aromatic nitrogens is 2. The van der Waals surface area contributed by atoms with E-state index in [1.54, 1.807) is 0 Å². The highest BCUT2D eigenvalue weighted by Crippen LogP contribution is 2.33. The molecule has 1 aromatic rings. The number of rotatable bonds is 1. The van der Waals surface area contributed by atoms with E-state index in [2.05, 4.69) is 23.8 Å². The molecule has 2 rings (SSSR count). The molecule has 1 aliphatic rings. The van der Waals surface area contributed by atoms with Crippen molar-refractivity contribution in [2.45, 2.75) is 32.2 Å². The molecule has 0 bridgehead atoms. The number of hydrogen-bond donors (Lipinski definition) is 0. The molecule has 0 amide bonds. The van der Waals surface area contributed by atoms with Crippen molar-refractivity contribution in [3.8, 4) is 0 Å². The first-order valence-electron chi connectivity index (χ1n) is 4.96. The lowest BCUT2D eigenvalue weighted by molar-refractivity contribution is 0.500. The van der Waals surface area contributed by atoms with Crippen LogP contribution in [0.3, 0.4) is 0 Å². The first kappa shape index (κ1) is 10.6. The number of anilines is 1. The van der Waals surface area contributed by atoms with Crippen molar-refractivity contribution in [2.24, 2.45) is 0 Å². The van der Waals surface area contributed by atoms with Crippen LogP contribution in [0.5, 0.6) is 0 Å². The first-order valence-corrected chi connectivity index (χ1v) is 5.34. The Balaban J connectivity index is 2.40. The minimum atomic E-state index is -0.408. The van der Waals surface area contributed by atoms with Gasteiger partial charge in [-0.2, -0.15) is 4.98 Å². The van der Waals surface area contributed by atoms with E-state index in [1.807, 2.05) is 4.90 Å². The predicted octanol–water partition coefficient (Wildman–Crippen LogP) is 2.65. The summed E-state index contributed by atoms with van der Waals surface area (Å²) >= 11 is 5.67. The molecule has 82 valence electrons. The van der Waals surface area contributed by atoms with Gasteiger partial charge in [-0.25, -0.2) is 9.37 Å². The van der Waals surface area contributed by atoms with E-state index in [-0.39, 0.29) is 10.8 Å². The summed E-state index contributed by atoms with van der Waals surface area (Å²) in [6.45, 7) is 4.97. The van der Waals surface area contributed by atoms with Gasteiger partial charge in [-0.05, 0) is 38.3 Å². The van der Waals surface area contributed by atoms with Crippen molar-refractivity contribution in [1.29, 1.82) is 0 Å². The molecule has 1 saturated heterocycles. The highest BCUT2D eigenvalue weighted by atomic mass is 35.5. The maximum atomic E-state index is 13.5. The molecule has 0 aliphatic carbocycles. The van der Waals surface area contributed by atoms with E-state index in [0.717, 1.165) is 25.6 Å². The Kier molecular flexibility index (Phi) is 2.54. The summed E-state index contributed by atoms with van der Waals surface area (Å²) in [4.78, 5) is 9.52. The van der Waals surface area contributed by atoms with Gasteiger partial charge in [-0.15, -0.1) is 0 Å². The Hall–Kier alpha value is -0.900. The Morgan fingerprint density at radius 2 is 2.27 bits per heavy atom. The molecule has 3 nitrogen and oxygen atoms in total. The summed E-state index contributed by atoms with van der Waals surface area (Å²) in [7, 11) is 0. The van der Waals surface area contributed by atoms with Crippen LogP contribution < -0.4 is 4.90 Å². The molecule has 0 spiro atoms. The third-order valence-corrected chi connectivity index (χ3v) is 3.03. The summed E-state index contributed by atoms with van der Waals surface area (Å²) in [5.74, 6) is -0.0909. The fraction of sp³-hybridized carbons (Fsp3) is 0.600. The van der Waals surface area contributed by atoms with E-state index >= 15 is 0 Å². The lowest BCUT2D eigenvalue weighted by Crippen LogP contribution is -2.39. The van der Waals surface area contributed by atoms with Gasteiger partial charge in [0, 0.05) is 12.1 Å². The van der Waals surface area contributed by atoms with E-state index in [9.17, 15) is 4.39 Å². The van der Waals surface area contributed by atoms with Gasteiger partial charge >= 0.3 is 0 Å². The quantitative estimate of drug-likeness (QED) is 0.694. The first-order chi connectivity index (χ1) is 7.00. The van der Waals surface area contributed by atoms with Gasteiger partial charge in [0.2, 0.25) is 5.28 Å². The zero-order chi connectivity index (χ0) is 11.1. The molecule has 0 saturated carbocycles. The maximum Gasteiger partial charge on any atom is 0.224 e. The molecule has 2 heterocycles. The third-order valence-electron chi connectivity index (χ3n) is 2.85. The van der Waals surface area contributed by atoms with Crippen molar-refractivity contribution < 1.29 is 4.39 Å². The molecule has 0 unspecified atom stereocenters. The largest absolute Gasteiger partial charge is 0.349 e. The summed E-state index contributed by atoms with van der Waals surface area (Å²) in [5.41, 5.74) is -0.0570. The predicted molar refractivity (Wildman–Crippen MR) is 57.7 cm³/mol. The lowest BCUT2D eigenvalue weighted by atomic mass is 10.0. The van der Waals surface area contributed by atoms with Crippen molar-refractivity contribution in [1.82, 2.24) is 9.97 Å². The molecule has 5 heteroatoms.